The van der Waals surface area contributed by atoms with Gasteiger partial charge >= 0.3 is 0 Å². The third-order valence-corrected chi connectivity index (χ3v) is 2.25. The zero-order valence-electron chi connectivity index (χ0n) is 8.27. The van der Waals surface area contributed by atoms with Crippen molar-refractivity contribution in [1.29, 1.82) is 0 Å². The van der Waals surface area contributed by atoms with Gasteiger partial charge in [-0.3, -0.25) is 5.10 Å². The van der Waals surface area contributed by atoms with E-state index in [0.717, 1.165) is 17.0 Å². The van der Waals surface area contributed by atoms with Crippen molar-refractivity contribution in [3.8, 4) is 0 Å². The number of H-pyrrole nitrogens is 1. The lowest BCUT2D eigenvalue weighted by molar-refractivity contribution is 0.944. The number of anilines is 1. The fraction of sp³-hybridized carbons (Fsp3) is 0.200. The Hall–Kier alpha value is -1.88. The zero-order chi connectivity index (χ0) is 10.7. The summed E-state index contributed by atoms with van der Waals surface area (Å²) in [5.74, 6) is 1.03. The molecule has 0 radical (unpaired) electrons. The molecule has 0 aliphatic rings. The Balaban J connectivity index is 2.23. The second-order valence-corrected chi connectivity index (χ2v) is 3.29. The van der Waals surface area contributed by atoms with E-state index in [-0.39, 0.29) is 5.95 Å². The molecule has 1 heterocycles. The van der Waals surface area contributed by atoms with Crippen molar-refractivity contribution in [2.24, 2.45) is 5.73 Å². The van der Waals surface area contributed by atoms with Gasteiger partial charge in [-0.1, -0.05) is 24.3 Å². The van der Waals surface area contributed by atoms with Gasteiger partial charge in [0.05, 0.1) is 0 Å². The number of aromatic amines is 1. The molecule has 0 aliphatic heterocycles. The number of nitrogens with zero attached hydrogens (tertiary/aromatic N) is 2. The van der Waals surface area contributed by atoms with Gasteiger partial charge < -0.3 is 11.5 Å². The van der Waals surface area contributed by atoms with Crippen LogP contribution in [-0.2, 0) is 13.0 Å². The summed E-state index contributed by atoms with van der Waals surface area (Å²) in [4.78, 5) is 4.05. The van der Waals surface area contributed by atoms with E-state index in [0.29, 0.717) is 13.0 Å². The fourth-order valence-electron chi connectivity index (χ4n) is 1.50. The van der Waals surface area contributed by atoms with Crippen LogP contribution >= 0.6 is 0 Å². The van der Waals surface area contributed by atoms with Crippen molar-refractivity contribution >= 4 is 5.95 Å². The van der Waals surface area contributed by atoms with Gasteiger partial charge in [0.2, 0.25) is 5.95 Å². The van der Waals surface area contributed by atoms with Gasteiger partial charge in [-0.2, -0.15) is 4.98 Å². The van der Waals surface area contributed by atoms with Crippen LogP contribution in [0.2, 0.25) is 0 Å². The summed E-state index contributed by atoms with van der Waals surface area (Å²) in [6, 6.07) is 7.99. The minimum Gasteiger partial charge on any atom is -0.367 e. The first-order valence-corrected chi connectivity index (χ1v) is 4.73. The lowest BCUT2D eigenvalue weighted by Crippen LogP contribution is -2.02. The van der Waals surface area contributed by atoms with Crippen LogP contribution in [0.3, 0.4) is 0 Å². The highest BCUT2D eigenvalue weighted by atomic mass is 15.3. The molecular weight excluding hydrogens is 190 g/mol. The number of nitrogens with two attached hydrogens (primary N) is 2. The fourth-order valence-corrected chi connectivity index (χ4v) is 1.50. The van der Waals surface area contributed by atoms with Gasteiger partial charge in [0, 0.05) is 13.0 Å². The Morgan fingerprint density at radius 1 is 1.20 bits per heavy atom. The van der Waals surface area contributed by atoms with Crippen molar-refractivity contribution in [2.45, 2.75) is 13.0 Å². The predicted molar refractivity (Wildman–Crippen MR) is 57.9 cm³/mol. The van der Waals surface area contributed by atoms with E-state index >= 15 is 0 Å². The normalized spacial score (nSPS) is 10.5. The molecule has 2 rings (SSSR count). The van der Waals surface area contributed by atoms with Crippen LogP contribution < -0.4 is 11.5 Å². The molecule has 78 valence electrons. The third-order valence-electron chi connectivity index (χ3n) is 2.25. The highest BCUT2D eigenvalue weighted by Crippen LogP contribution is 2.11. The molecule has 5 heteroatoms. The molecule has 0 saturated heterocycles. The van der Waals surface area contributed by atoms with Gasteiger partial charge in [-0.25, -0.2) is 0 Å². The molecule has 0 saturated carbocycles. The molecule has 0 aliphatic carbocycles. The van der Waals surface area contributed by atoms with E-state index < -0.39 is 0 Å². The lowest BCUT2D eigenvalue weighted by Gasteiger charge is -2.04. The van der Waals surface area contributed by atoms with E-state index in [1.54, 1.807) is 0 Å². The smallest absolute Gasteiger partial charge is 0.239 e. The summed E-state index contributed by atoms with van der Waals surface area (Å²) in [7, 11) is 0. The Bertz CT molecular complexity index is 449. The molecule has 0 spiro atoms. The molecule has 2 aromatic rings. The highest BCUT2D eigenvalue weighted by molar-refractivity contribution is 5.30. The van der Waals surface area contributed by atoms with Gasteiger partial charge in [-0.15, -0.1) is 5.10 Å². The number of benzene rings is 1. The van der Waals surface area contributed by atoms with Crippen LogP contribution in [0.25, 0.3) is 0 Å². The van der Waals surface area contributed by atoms with E-state index in [2.05, 4.69) is 15.2 Å². The van der Waals surface area contributed by atoms with E-state index in [1.807, 2.05) is 24.3 Å². The molecule has 0 unspecified atom stereocenters. The van der Waals surface area contributed by atoms with Crippen LogP contribution in [0, 0.1) is 0 Å². The third kappa shape index (κ3) is 2.13. The maximum Gasteiger partial charge on any atom is 0.239 e. The summed E-state index contributed by atoms with van der Waals surface area (Å²) >= 11 is 0. The van der Waals surface area contributed by atoms with Crippen LogP contribution in [0.5, 0.6) is 0 Å². The van der Waals surface area contributed by atoms with Crippen molar-refractivity contribution < 1.29 is 0 Å². The van der Waals surface area contributed by atoms with E-state index in [1.165, 1.54) is 0 Å². The summed E-state index contributed by atoms with van der Waals surface area (Å²) in [5.41, 5.74) is 13.3. The predicted octanol–water partition coefficient (Wildman–Crippen LogP) is 0.436. The number of hydrogen-bond donors (Lipinski definition) is 3. The Morgan fingerprint density at radius 2 is 1.93 bits per heavy atom. The molecule has 5 nitrogen and oxygen atoms in total. The standard InChI is InChI=1S/C10H13N5/c11-6-8-4-2-1-3-7(8)5-9-13-10(12)15-14-9/h1-4H,5-6,11H2,(H3,12,13,14,15). The number of aromatic nitrogens is 3. The molecule has 15 heavy (non-hydrogen) atoms. The highest BCUT2D eigenvalue weighted by Gasteiger charge is 2.04. The molecular formula is C10H13N5. The minimum atomic E-state index is 0.273. The molecule has 0 fully saturated rings. The first-order valence-electron chi connectivity index (χ1n) is 4.73. The first kappa shape index (κ1) is 9.67. The number of nitrogens with one attached hydrogen (secondary N) is 1. The number of hydrogen-bond acceptors (Lipinski definition) is 4. The van der Waals surface area contributed by atoms with Gasteiger partial charge in [0.1, 0.15) is 5.82 Å². The van der Waals surface area contributed by atoms with Crippen molar-refractivity contribution in [3.63, 3.8) is 0 Å². The Labute approximate surface area is 87.5 Å². The topological polar surface area (TPSA) is 93.6 Å². The van der Waals surface area contributed by atoms with Crippen LogP contribution in [-0.4, -0.2) is 15.2 Å². The quantitative estimate of drug-likeness (QED) is 0.674. The SMILES string of the molecule is NCc1ccccc1Cc1nc(N)n[nH]1. The summed E-state index contributed by atoms with van der Waals surface area (Å²) < 4.78 is 0. The van der Waals surface area contributed by atoms with Gasteiger partial charge in [-0.05, 0) is 11.1 Å². The van der Waals surface area contributed by atoms with Crippen molar-refractivity contribution in [1.82, 2.24) is 15.2 Å². The molecule has 0 amide bonds. The molecule has 0 bridgehead atoms. The average Bonchev–Trinajstić information content (AvgIpc) is 2.65. The summed E-state index contributed by atoms with van der Waals surface area (Å²) in [5, 5.41) is 6.56. The van der Waals surface area contributed by atoms with Crippen molar-refractivity contribution in [3.05, 3.63) is 41.2 Å². The minimum absolute atomic E-state index is 0.273. The zero-order valence-corrected chi connectivity index (χ0v) is 8.27. The largest absolute Gasteiger partial charge is 0.367 e. The number of nitrogen functional groups attached to an aromatic ring is 1. The monoisotopic (exact) mass is 203 g/mol. The van der Waals surface area contributed by atoms with Crippen LogP contribution in [0.4, 0.5) is 5.95 Å². The van der Waals surface area contributed by atoms with E-state index in [4.69, 9.17) is 11.5 Å². The second-order valence-electron chi connectivity index (χ2n) is 3.29. The van der Waals surface area contributed by atoms with Gasteiger partial charge in [0.15, 0.2) is 0 Å². The second kappa shape index (κ2) is 4.10. The Morgan fingerprint density at radius 3 is 2.53 bits per heavy atom. The van der Waals surface area contributed by atoms with Crippen molar-refractivity contribution in [2.75, 3.05) is 5.73 Å². The maximum absolute atomic E-state index is 5.64. The molecule has 1 aromatic carbocycles. The molecule has 0 atom stereocenters. The number of rotatable bonds is 3. The lowest BCUT2D eigenvalue weighted by atomic mass is 10.0. The first-order chi connectivity index (χ1) is 7.29. The van der Waals surface area contributed by atoms with E-state index in [9.17, 15) is 0 Å². The van der Waals surface area contributed by atoms with Gasteiger partial charge in [0.25, 0.3) is 0 Å². The summed E-state index contributed by atoms with van der Waals surface area (Å²) in [6.45, 7) is 0.528. The summed E-state index contributed by atoms with van der Waals surface area (Å²) in [6.07, 6.45) is 0.678. The molecule has 1 aromatic heterocycles. The van der Waals surface area contributed by atoms with Crippen LogP contribution in [0.1, 0.15) is 17.0 Å². The maximum atomic E-state index is 5.64. The molecule has 5 N–H and O–H groups in total. The Kier molecular flexibility index (Phi) is 2.64. The van der Waals surface area contributed by atoms with Crippen LogP contribution in [0.15, 0.2) is 24.3 Å². The average molecular weight is 203 g/mol.